The van der Waals surface area contributed by atoms with E-state index >= 15 is 0 Å². The van der Waals surface area contributed by atoms with Crippen LogP contribution >= 0.6 is 0 Å². The Morgan fingerprint density at radius 2 is 1.69 bits per heavy atom. The second-order valence-electron chi connectivity index (χ2n) is 10.2. The maximum atomic E-state index is 13.5. The number of para-hydroxylation sites is 1. The van der Waals surface area contributed by atoms with Crippen molar-refractivity contribution in [2.45, 2.75) is 53.1 Å². The molecule has 0 saturated carbocycles. The molecular formula is C28H36N4O3. The Balaban J connectivity index is 1.68. The Morgan fingerprint density at radius 1 is 1.03 bits per heavy atom. The summed E-state index contributed by atoms with van der Waals surface area (Å²) < 4.78 is 4.47. The molecule has 3 aromatic rings. The number of hydrogen-bond acceptors (Lipinski definition) is 3. The number of benzene rings is 2. The number of fused-ring (bicyclic) bond motifs is 5. The molecule has 0 saturated heterocycles. The average Bonchev–Trinajstić information content (AvgIpc) is 2.80. The summed E-state index contributed by atoms with van der Waals surface area (Å²) in [6.07, 6.45) is 0.568. The number of nitrogens with one attached hydrogen (secondary N) is 1. The van der Waals surface area contributed by atoms with Crippen molar-refractivity contribution in [1.29, 1.82) is 0 Å². The Kier molecular flexibility index (Phi) is 6.90. The molecule has 0 radical (unpaired) electrons. The number of hydrogen-bond donors (Lipinski definition) is 2. The van der Waals surface area contributed by atoms with Crippen LogP contribution in [0.4, 0.5) is 5.69 Å². The summed E-state index contributed by atoms with van der Waals surface area (Å²) in [5.41, 5.74) is 5.76. The quantitative estimate of drug-likeness (QED) is 0.527. The molecule has 7 heteroatoms. The van der Waals surface area contributed by atoms with Gasteiger partial charge in [0.2, 0.25) is 11.8 Å². The molecule has 1 aliphatic heterocycles. The number of aliphatic hydroxyl groups excluding tert-OH is 1. The highest BCUT2D eigenvalue weighted by atomic mass is 16.3. The van der Waals surface area contributed by atoms with Crippen molar-refractivity contribution < 1.29 is 14.7 Å². The molecule has 0 bridgehead atoms. The van der Waals surface area contributed by atoms with Crippen molar-refractivity contribution in [1.82, 2.24) is 14.7 Å². The minimum Gasteiger partial charge on any atom is -0.396 e. The van der Waals surface area contributed by atoms with E-state index in [9.17, 15) is 14.7 Å². The van der Waals surface area contributed by atoms with E-state index in [1.807, 2.05) is 35.2 Å². The first-order chi connectivity index (χ1) is 16.7. The zero-order valence-corrected chi connectivity index (χ0v) is 21.3. The summed E-state index contributed by atoms with van der Waals surface area (Å²) in [5, 5.41) is 12.1. The molecule has 0 atom stereocenters. The van der Waals surface area contributed by atoms with Gasteiger partial charge in [0.15, 0.2) is 0 Å². The number of carbonyl (C=O) groups is 2. The zero-order valence-electron chi connectivity index (χ0n) is 21.3. The monoisotopic (exact) mass is 476 g/mol. The van der Waals surface area contributed by atoms with Gasteiger partial charge in [0.05, 0.1) is 23.6 Å². The van der Waals surface area contributed by atoms with E-state index in [1.165, 1.54) is 5.69 Å². The third-order valence-corrected chi connectivity index (χ3v) is 6.92. The predicted molar refractivity (Wildman–Crippen MR) is 139 cm³/mol. The van der Waals surface area contributed by atoms with Crippen LogP contribution in [-0.4, -0.2) is 39.4 Å². The van der Waals surface area contributed by atoms with Gasteiger partial charge in [0.25, 0.3) is 0 Å². The largest absolute Gasteiger partial charge is 0.396 e. The van der Waals surface area contributed by atoms with Crippen LogP contribution in [0.2, 0.25) is 0 Å². The first kappa shape index (κ1) is 24.8. The Bertz CT molecular complexity index is 1230. The van der Waals surface area contributed by atoms with E-state index in [4.69, 9.17) is 0 Å². The van der Waals surface area contributed by atoms with E-state index < -0.39 is 5.41 Å². The van der Waals surface area contributed by atoms with E-state index in [0.29, 0.717) is 19.0 Å². The molecule has 7 nitrogen and oxygen atoms in total. The first-order valence-corrected chi connectivity index (χ1v) is 12.3. The molecule has 0 fully saturated rings. The number of aromatic nitrogens is 2. The minimum atomic E-state index is -0.677. The lowest BCUT2D eigenvalue weighted by Gasteiger charge is -2.38. The lowest BCUT2D eigenvalue weighted by molar-refractivity contribution is -0.130. The molecule has 2 aromatic carbocycles. The smallest absolute Gasteiger partial charge is 0.229 e. The van der Waals surface area contributed by atoms with Crippen LogP contribution in [0.3, 0.4) is 0 Å². The zero-order chi connectivity index (χ0) is 25.3. The number of carbonyl (C=O) groups excluding carboxylic acids is 2. The van der Waals surface area contributed by atoms with Gasteiger partial charge in [0.1, 0.15) is 0 Å². The first-order valence-electron chi connectivity index (χ1n) is 12.3. The molecule has 4 rings (SSSR count). The van der Waals surface area contributed by atoms with Gasteiger partial charge in [-0.15, -0.1) is 0 Å². The van der Waals surface area contributed by atoms with Crippen molar-refractivity contribution in [3.63, 3.8) is 0 Å². The summed E-state index contributed by atoms with van der Waals surface area (Å²) in [7, 11) is 2.07. The molecule has 1 aromatic heterocycles. The molecule has 2 heterocycles. The number of amides is 2. The fourth-order valence-corrected chi connectivity index (χ4v) is 4.96. The highest BCUT2D eigenvalue weighted by Crippen LogP contribution is 2.45. The summed E-state index contributed by atoms with van der Waals surface area (Å²) in [6, 6.07) is 16.6. The van der Waals surface area contributed by atoms with Crippen LogP contribution in [0.1, 0.15) is 52.1 Å². The lowest BCUT2D eigenvalue weighted by Crippen LogP contribution is -2.40. The van der Waals surface area contributed by atoms with Crippen molar-refractivity contribution in [3.8, 4) is 22.5 Å². The van der Waals surface area contributed by atoms with Crippen molar-refractivity contribution >= 4 is 17.5 Å². The van der Waals surface area contributed by atoms with Gasteiger partial charge in [-0.05, 0) is 31.9 Å². The van der Waals surface area contributed by atoms with Crippen LogP contribution in [0.15, 0.2) is 48.5 Å². The van der Waals surface area contributed by atoms with Crippen molar-refractivity contribution in [3.05, 3.63) is 54.1 Å². The Morgan fingerprint density at radius 3 is 2.37 bits per heavy atom. The Hall–Kier alpha value is -3.32. The highest BCUT2D eigenvalue weighted by molar-refractivity contribution is 6.01. The van der Waals surface area contributed by atoms with E-state index in [-0.39, 0.29) is 31.4 Å². The van der Waals surface area contributed by atoms with Gasteiger partial charge in [-0.2, -0.15) is 0 Å². The summed E-state index contributed by atoms with van der Waals surface area (Å²) in [5.74, 6) is -0.198. The third kappa shape index (κ3) is 4.52. The molecule has 0 aliphatic carbocycles. The maximum absolute atomic E-state index is 13.5. The fourth-order valence-electron chi connectivity index (χ4n) is 4.96. The number of anilines is 1. The van der Waals surface area contributed by atoms with Gasteiger partial charge in [-0.1, -0.05) is 56.3 Å². The normalized spacial score (nSPS) is 13.1. The standard InChI is InChI=1S/C28H36N4O3/c1-19(2)32-26-21-11-7-6-10-20(21)18-31(23-13-9-8-12-22(23)25(26)30(32)5)24(34)14-16-29-27(35)28(3,4)15-17-33/h6-13,19,33H,14-18H2,1-5H3,(H,29,35). The topological polar surface area (TPSA) is 79.5 Å². The maximum Gasteiger partial charge on any atom is 0.229 e. The molecule has 35 heavy (non-hydrogen) atoms. The molecule has 0 spiro atoms. The second-order valence-corrected chi connectivity index (χ2v) is 10.2. The molecule has 2 N–H and O–H groups in total. The molecule has 2 amide bonds. The lowest BCUT2D eigenvalue weighted by atomic mass is 9.88. The van der Waals surface area contributed by atoms with Crippen LogP contribution in [-0.2, 0) is 23.2 Å². The van der Waals surface area contributed by atoms with E-state index in [0.717, 1.165) is 28.1 Å². The van der Waals surface area contributed by atoms with E-state index in [1.54, 1.807) is 13.8 Å². The highest BCUT2D eigenvalue weighted by Gasteiger charge is 2.32. The van der Waals surface area contributed by atoms with Crippen LogP contribution in [0, 0.1) is 5.41 Å². The molecule has 1 aliphatic rings. The number of nitrogens with zero attached hydrogens (tertiary/aromatic N) is 3. The second kappa shape index (κ2) is 9.74. The summed E-state index contributed by atoms with van der Waals surface area (Å²) in [6.45, 7) is 8.62. The number of rotatable bonds is 7. The van der Waals surface area contributed by atoms with Gasteiger partial charge in [-0.3, -0.25) is 19.0 Å². The SMILES string of the molecule is CC(C)n1c2c(n1C)-c1ccccc1N(C(=O)CCNC(=O)C(C)(C)CCO)Cc1ccccc1-2. The van der Waals surface area contributed by atoms with Gasteiger partial charge < -0.3 is 15.3 Å². The number of aliphatic hydroxyl groups is 1. The van der Waals surface area contributed by atoms with Gasteiger partial charge in [-0.25, -0.2) is 0 Å². The molecule has 0 unspecified atom stereocenters. The minimum absolute atomic E-state index is 0.0424. The Labute approximate surface area is 207 Å². The van der Waals surface area contributed by atoms with Crippen molar-refractivity contribution in [2.75, 3.05) is 18.1 Å². The van der Waals surface area contributed by atoms with E-state index in [2.05, 4.69) is 53.8 Å². The van der Waals surface area contributed by atoms with Gasteiger partial charge in [0, 0.05) is 49.2 Å². The van der Waals surface area contributed by atoms with Crippen molar-refractivity contribution in [2.24, 2.45) is 12.5 Å². The van der Waals surface area contributed by atoms with Gasteiger partial charge >= 0.3 is 0 Å². The van der Waals surface area contributed by atoms with Crippen LogP contribution < -0.4 is 10.2 Å². The molecule has 186 valence electrons. The average molecular weight is 477 g/mol. The predicted octanol–water partition coefficient (Wildman–Crippen LogP) is 4.50. The van der Waals surface area contributed by atoms with Crippen LogP contribution in [0.5, 0.6) is 0 Å². The third-order valence-electron chi connectivity index (χ3n) is 6.92. The summed E-state index contributed by atoms with van der Waals surface area (Å²) >= 11 is 0. The molecular weight excluding hydrogens is 440 g/mol. The fraction of sp³-hybridized carbons (Fsp3) is 0.429. The summed E-state index contributed by atoms with van der Waals surface area (Å²) in [4.78, 5) is 27.9. The van der Waals surface area contributed by atoms with Crippen LogP contribution in [0.25, 0.3) is 22.5 Å².